The van der Waals surface area contributed by atoms with Crippen molar-refractivity contribution in [3.8, 4) is 11.1 Å². The topological polar surface area (TPSA) is 76.9 Å². The number of aromatic nitrogens is 1. The number of pyridine rings is 1. The summed E-state index contributed by atoms with van der Waals surface area (Å²) >= 11 is 12.6. The number of alkyl halides is 6. The fourth-order valence-corrected chi connectivity index (χ4v) is 5.61. The third kappa shape index (κ3) is 6.57. The van der Waals surface area contributed by atoms with Crippen LogP contribution in [-0.2, 0) is 22.6 Å². The van der Waals surface area contributed by atoms with Gasteiger partial charge in [-0.05, 0) is 62.2 Å². The summed E-state index contributed by atoms with van der Waals surface area (Å²) < 4.78 is 81.4. The number of hydrogen-bond donors (Lipinski definition) is 2. The molecule has 2 aromatic carbocycles. The van der Waals surface area contributed by atoms with Gasteiger partial charge in [0, 0.05) is 34.8 Å². The van der Waals surface area contributed by atoms with Gasteiger partial charge in [-0.2, -0.15) is 26.3 Å². The number of anilines is 2. The van der Waals surface area contributed by atoms with Crippen molar-refractivity contribution in [2.24, 2.45) is 0 Å². The lowest BCUT2D eigenvalue weighted by Gasteiger charge is -2.32. The zero-order chi connectivity index (χ0) is 32.1. The number of halogens is 8. The molecule has 1 saturated heterocycles. The summed E-state index contributed by atoms with van der Waals surface area (Å²) in [4.78, 5) is 21.1. The van der Waals surface area contributed by atoms with Crippen LogP contribution in [0.1, 0.15) is 37.0 Å². The minimum absolute atomic E-state index is 0.00594. The number of carbonyl (C=O) groups is 1. The van der Waals surface area contributed by atoms with Crippen molar-refractivity contribution in [3.63, 3.8) is 0 Å². The van der Waals surface area contributed by atoms with Crippen molar-refractivity contribution in [1.82, 2.24) is 4.98 Å². The molecule has 1 fully saturated rings. The van der Waals surface area contributed by atoms with Gasteiger partial charge in [0.25, 0.3) is 0 Å². The second kappa shape index (κ2) is 11.8. The SMILES string of the molecule is CN(C(=O)C(C)(C)c1cc(C(F)(F)F)cc(C(F)(F)F)c1)c1cnc(N2CCC(O)C2CO)cc1-c1ccc(Cl)cc1Cl. The lowest BCUT2D eigenvalue weighted by atomic mass is 9.81. The normalized spacial score (nSPS) is 17.8. The molecule has 4 rings (SSSR count). The molecule has 14 heteroatoms. The molecule has 0 aliphatic carbocycles. The van der Waals surface area contributed by atoms with Crippen LogP contribution >= 0.6 is 23.2 Å². The number of likely N-dealkylation sites (N-methyl/N-ethyl adjacent to an activating group) is 1. The molecular formula is C29H27Cl2F6N3O3. The van der Waals surface area contributed by atoms with Gasteiger partial charge in [-0.25, -0.2) is 4.98 Å². The third-order valence-electron chi connectivity index (χ3n) is 7.59. The molecule has 1 amide bonds. The van der Waals surface area contributed by atoms with Gasteiger partial charge in [0.2, 0.25) is 5.91 Å². The van der Waals surface area contributed by atoms with E-state index in [1.54, 1.807) is 23.1 Å². The van der Waals surface area contributed by atoms with Crippen LogP contribution in [0.25, 0.3) is 11.1 Å². The number of rotatable bonds is 6. The highest BCUT2D eigenvalue weighted by atomic mass is 35.5. The predicted octanol–water partition coefficient (Wildman–Crippen LogP) is 6.97. The van der Waals surface area contributed by atoms with Crippen LogP contribution in [-0.4, -0.2) is 53.4 Å². The monoisotopic (exact) mass is 649 g/mol. The van der Waals surface area contributed by atoms with E-state index < -0.39 is 52.5 Å². The highest BCUT2D eigenvalue weighted by molar-refractivity contribution is 6.36. The van der Waals surface area contributed by atoms with E-state index in [2.05, 4.69) is 4.98 Å². The van der Waals surface area contributed by atoms with E-state index in [4.69, 9.17) is 23.2 Å². The third-order valence-corrected chi connectivity index (χ3v) is 8.14. The van der Waals surface area contributed by atoms with E-state index in [-0.39, 0.29) is 23.4 Å². The smallest absolute Gasteiger partial charge is 0.394 e. The Morgan fingerprint density at radius 2 is 1.56 bits per heavy atom. The second-order valence-corrected chi connectivity index (χ2v) is 11.6. The number of aliphatic hydroxyl groups is 2. The van der Waals surface area contributed by atoms with Gasteiger partial charge in [0.1, 0.15) is 5.82 Å². The molecule has 1 aliphatic heterocycles. The molecule has 0 bridgehead atoms. The van der Waals surface area contributed by atoms with Gasteiger partial charge in [0.15, 0.2) is 0 Å². The lowest BCUT2D eigenvalue weighted by molar-refractivity contribution is -0.143. The highest BCUT2D eigenvalue weighted by Gasteiger charge is 2.41. The molecule has 2 N–H and O–H groups in total. The first kappa shape index (κ1) is 32.8. The second-order valence-electron chi connectivity index (χ2n) is 10.8. The van der Waals surface area contributed by atoms with Crippen molar-refractivity contribution < 1.29 is 41.4 Å². The molecule has 6 nitrogen and oxygen atoms in total. The van der Waals surface area contributed by atoms with Crippen molar-refractivity contribution in [2.45, 2.75) is 50.2 Å². The molecule has 2 heterocycles. The maximum Gasteiger partial charge on any atom is 0.416 e. The van der Waals surface area contributed by atoms with Gasteiger partial charge in [0.05, 0.1) is 47.2 Å². The van der Waals surface area contributed by atoms with Gasteiger partial charge in [-0.15, -0.1) is 0 Å². The molecule has 2 unspecified atom stereocenters. The predicted molar refractivity (Wildman–Crippen MR) is 151 cm³/mol. The van der Waals surface area contributed by atoms with Crippen molar-refractivity contribution >= 4 is 40.6 Å². The van der Waals surface area contributed by atoms with Gasteiger partial charge >= 0.3 is 12.4 Å². The van der Waals surface area contributed by atoms with Crippen LogP contribution in [0.5, 0.6) is 0 Å². The summed E-state index contributed by atoms with van der Waals surface area (Å²) in [5.41, 5.74) is -4.53. The van der Waals surface area contributed by atoms with Crippen molar-refractivity contribution in [3.05, 3.63) is 75.4 Å². The molecule has 1 aliphatic rings. The number of nitrogens with zero attached hydrogens (tertiary/aromatic N) is 3. The van der Waals surface area contributed by atoms with Crippen molar-refractivity contribution in [1.29, 1.82) is 0 Å². The van der Waals surface area contributed by atoms with Crippen LogP contribution < -0.4 is 9.80 Å². The highest BCUT2D eigenvalue weighted by Crippen LogP contribution is 2.42. The Labute approximate surface area is 253 Å². The van der Waals surface area contributed by atoms with E-state index in [1.807, 2.05) is 0 Å². The molecule has 0 radical (unpaired) electrons. The number of amides is 1. The Morgan fingerprint density at radius 3 is 2.09 bits per heavy atom. The van der Waals surface area contributed by atoms with Gasteiger partial charge in [-0.3, -0.25) is 4.79 Å². The standard InChI is InChI=1S/C29H27Cl2F6N3O3/c1-27(2,15-8-16(28(32,33)34)10-17(9-15)29(35,36)37)26(43)39(3)22-13-38-25(40-7-6-24(42)23(40)14-41)12-20(22)19-5-4-18(30)11-21(19)31/h4-5,8-13,23-24,41-42H,6-7,14H2,1-3H3. The zero-order valence-electron chi connectivity index (χ0n) is 23.1. The summed E-state index contributed by atoms with van der Waals surface area (Å²) in [5, 5.41) is 20.6. The Kier molecular flexibility index (Phi) is 9.01. The maximum atomic E-state index is 13.9. The van der Waals surface area contributed by atoms with Crippen molar-refractivity contribution in [2.75, 3.05) is 30.0 Å². The van der Waals surface area contributed by atoms with Crippen LogP contribution in [0, 0.1) is 0 Å². The molecule has 1 aromatic heterocycles. The maximum absolute atomic E-state index is 13.9. The Balaban J connectivity index is 1.84. The quantitative estimate of drug-likeness (QED) is 0.282. The fraction of sp³-hybridized carbons (Fsp3) is 0.379. The first-order valence-electron chi connectivity index (χ1n) is 13.0. The molecule has 43 heavy (non-hydrogen) atoms. The number of aliphatic hydroxyl groups excluding tert-OH is 2. The van der Waals surface area contributed by atoms with Crippen LogP contribution in [0.15, 0.2) is 48.7 Å². The Hall–Kier alpha value is -3.06. The number of carbonyl (C=O) groups excluding carboxylic acids is 1. The first-order valence-corrected chi connectivity index (χ1v) is 13.7. The number of hydrogen-bond acceptors (Lipinski definition) is 5. The average molecular weight is 650 g/mol. The van der Waals surface area contributed by atoms with E-state index in [0.29, 0.717) is 47.1 Å². The van der Waals surface area contributed by atoms with Crippen LogP contribution in [0.3, 0.4) is 0 Å². The van der Waals surface area contributed by atoms with E-state index >= 15 is 0 Å². The van der Waals surface area contributed by atoms with Gasteiger partial charge in [-0.1, -0.05) is 29.3 Å². The minimum Gasteiger partial charge on any atom is -0.394 e. The summed E-state index contributed by atoms with van der Waals surface area (Å²) in [6, 6.07) is 6.61. The van der Waals surface area contributed by atoms with E-state index in [0.717, 1.165) is 4.90 Å². The molecule has 3 aromatic rings. The summed E-state index contributed by atoms with van der Waals surface area (Å²) in [5.74, 6) is -0.487. The Morgan fingerprint density at radius 1 is 0.977 bits per heavy atom. The summed E-state index contributed by atoms with van der Waals surface area (Å²) in [6.07, 6.45) is -9.30. The zero-order valence-corrected chi connectivity index (χ0v) is 24.6. The molecule has 2 atom stereocenters. The molecule has 0 saturated carbocycles. The molecule has 232 valence electrons. The van der Waals surface area contributed by atoms with Crippen LogP contribution in [0.4, 0.5) is 37.8 Å². The average Bonchev–Trinajstić information content (AvgIpc) is 3.31. The van der Waals surface area contributed by atoms with Crippen LogP contribution in [0.2, 0.25) is 10.0 Å². The number of benzene rings is 2. The first-order chi connectivity index (χ1) is 19.9. The lowest BCUT2D eigenvalue weighted by Crippen LogP contribution is -2.42. The largest absolute Gasteiger partial charge is 0.416 e. The summed E-state index contributed by atoms with van der Waals surface area (Å²) in [7, 11) is 1.32. The minimum atomic E-state index is -5.09. The van der Waals surface area contributed by atoms with E-state index in [9.17, 15) is 41.4 Å². The fourth-order valence-electron chi connectivity index (χ4n) is 5.09. The molecular weight excluding hydrogens is 623 g/mol. The Bertz CT molecular complexity index is 1500. The van der Waals surface area contributed by atoms with E-state index in [1.165, 1.54) is 33.2 Å². The molecule has 0 spiro atoms. The summed E-state index contributed by atoms with van der Waals surface area (Å²) in [6.45, 7) is 2.47. The van der Waals surface area contributed by atoms with Gasteiger partial charge < -0.3 is 20.0 Å².